The molecule has 0 unspecified atom stereocenters. The normalized spacial score (nSPS) is 13.3. The summed E-state index contributed by atoms with van der Waals surface area (Å²) in [7, 11) is 0. The molecule has 0 spiro atoms. The molecule has 2 amide bonds. The third-order valence-corrected chi connectivity index (χ3v) is 7.57. The average molecular weight is 620 g/mol. The van der Waals surface area contributed by atoms with Crippen LogP contribution in [0.15, 0.2) is 89.4 Å². The second-order valence-electron chi connectivity index (χ2n) is 9.80. The molecule has 214 valence electrons. The zero-order valence-electron chi connectivity index (χ0n) is 22.8. The van der Waals surface area contributed by atoms with Crippen LogP contribution in [0.2, 0.25) is 10.0 Å². The van der Waals surface area contributed by atoms with Gasteiger partial charge in [-0.2, -0.15) is 0 Å². The van der Waals surface area contributed by atoms with Crippen molar-refractivity contribution in [2.75, 3.05) is 36.4 Å². The Kier molecular flexibility index (Phi) is 9.27. The molecule has 4 aromatic rings. The lowest BCUT2D eigenvalue weighted by molar-refractivity contribution is -0.115. The predicted molar refractivity (Wildman–Crippen MR) is 173 cm³/mol. The molecular formula is C32H28Cl2N4O3S. The summed E-state index contributed by atoms with van der Waals surface area (Å²) in [6, 6.07) is 24.1. The van der Waals surface area contributed by atoms with Gasteiger partial charge in [-0.1, -0.05) is 40.9 Å². The first-order valence-corrected chi connectivity index (χ1v) is 14.5. The van der Waals surface area contributed by atoms with Crippen LogP contribution in [0.5, 0.6) is 0 Å². The molecular weight excluding hydrogens is 591 g/mol. The number of piperazine rings is 1. The fourth-order valence-corrected chi connectivity index (χ4v) is 5.27. The Morgan fingerprint density at radius 1 is 0.905 bits per heavy atom. The number of furan rings is 1. The summed E-state index contributed by atoms with van der Waals surface area (Å²) in [5, 5.41) is 6.84. The largest absolute Gasteiger partial charge is 0.457 e. The molecule has 0 bridgehead atoms. The van der Waals surface area contributed by atoms with Crippen molar-refractivity contribution in [3.05, 3.63) is 112 Å². The molecule has 3 aromatic carbocycles. The summed E-state index contributed by atoms with van der Waals surface area (Å²) < 4.78 is 5.78. The lowest BCUT2D eigenvalue weighted by Crippen LogP contribution is -2.48. The van der Waals surface area contributed by atoms with Gasteiger partial charge >= 0.3 is 0 Å². The van der Waals surface area contributed by atoms with E-state index in [1.165, 1.54) is 6.08 Å². The molecule has 0 radical (unpaired) electrons. The van der Waals surface area contributed by atoms with E-state index in [2.05, 4.69) is 15.5 Å². The van der Waals surface area contributed by atoms with Crippen LogP contribution in [-0.4, -0.2) is 48.0 Å². The van der Waals surface area contributed by atoms with Crippen molar-refractivity contribution < 1.29 is 14.0 Å². The number of carbonyl (C=O) groups is 2. The number of halogens is 2. The van der Waals surface area contributed by atoms with E-state index in [1.807, 2.05) is 60.4 Å². The highest BCUT2D eigenvalue weighted by Gasteiger charge is 2.22. The molecule has 42 heavy (non-hydrogen) atoms. The van der Waals surface area contributed by atoms with Gasteiger partial charge in [0, 0.05) is 59.8 Å². The first-order chi connectivity index (χ1) is 20.2. The van der Waals surface area contributed by atoms with Gasteiger partial charge in [-0.3, -0.25) is 14.9 Å². The maximum Gasteiger partial charge on any atom is 0.253 e. The van der Waals surface area contributed by atoms with Gasteiger partial charge in [-0.15, -0.1) is 0 Å². The summed E-state index contributed by atoms with van der Waals surface area (Å²) in [5.41, 5.74) is 4.36. The van der Waals surface area contributed by atoms with Crippen LogP contribution in [0.25, 0.3) is 17.4 Å². The van der Waals surface area contributed by atoms with Gasteiger partial charge in [0.2, 0.25) is 5.91 Å². The van der Waals surface area contributed by atoms with E-state index in [9.17, 15) is 9.59 Å². The molecule has 0 saturated carbocycles. The maximum absolute atomic E-state index is 12.8. The first-order valence-electron chi connectivity index (χ1n) is 13.3. The molecule has 1 aliphatic heterocycles. The van der Waals surface area contributed by atoms with E-state index in [4.69, 9.17) is 39.8 Å². The van der Waals surface area contributed by atoms with Crippen molar-refractivity contribution in [3.63, 3.8) is 0 Å². The van der Waals surface area contributed by atoms with Gasteiger partial charge in [0.05, 0.1) is 5.02 Å². The Hall–Kier alpha value is -4.11. The van der Waals surface area contributed by atoms with E-state index < -0.39 is 5.91 Å². The Bertz CT molecular complexity index is 1630. The number of nitrogens with zero attached hydrogens (tertiary/aromatic N) is 2. The molecule has 1 aliphatic rings. The number of carbonyl (C=O) groups excluding carboxylic acids is 2. The van der Waals surface area contributed by atoms with Crippen LogP contribution in [-0.2, 0) is 4.79 Å². The minimum absolute atomic E-state index is 0.0661. The second kappa shape index (κ2) is 13.2. The molecule has 2 N–H and O–H groups in total. The third kappa shape index (κ3) is 7.39. The highest BCUT2D eigenvalue weighted by molar-refractivity contribution is 7.80. The molecule has 5 rings (SSSR count). The highest BCUT2D eigenvalue weighted by atomic mass is 35.5. The number of thiocarbonyl (C=S) groups is 1. The van der Waals surface area contributed by atoms with Crippen LogP contribution in [0, 0.1) is 6.92 Å². The van der Waals surface area contributed by atoms with Crippen molar-refractivity contribution in [1.29, 1.82) is 0 Å². The number of hydrogen-bond acceptors (Lipinski definition) is 5. The Morgan fingerprint density at radius 2 is 1.62 bits per heavy atom. The molecule has 1 saturated heterocycles. The van der Waals surface area contributed by atoms with Crippen LogP contribution < -0.4 is 15.5 Å². The molecule has 1 aromatic heterocycles. The van der Waals surface area contributed by atoms with Crippen LogP contribution >= 0.6 is 35.4 Å². The average Bonchev–Trinajstić information content (AvgIpc) is 3.45. The minimum atomic E-state index is -0.398. The first kappa shape index (κ1) is 29.4. The molecule has 10 heteroatoms. The quantitative estimate of drug-likeness (QED) is 0.178. The van der Waals surface area contributed by atoms with E-state index in [0.29, 0.717) is 40.2 Å². The van der Waals surface area contributed by atoms with Crippen LogP contribution in [0.1, 0.15) is 21.7 Å². The highest BCUT2D eigenvalue weighted by Crippen LogP contribution is 2.31. The van der Waals surface area contributed by atoms with Crippen LogP contribution in [0.3, 0.4) is 0 Å². The Labute approximate surface area is 259 Å². The second-order valence-corrected chi connectivity index (χ2v) is 11.0. The summed E-state index contributed by atoms with van der Waals surface area (Å²) in [6.07, 6.45) is 2.89. The van der Waals surface area contributed by atoms with Crippen molar-refractivity contribution >= 4 is 69.8 Å². The predicted octanol–water partition coefficient (Wildman–Crippen LogP) is 7.05. The number of amides is 2. The standard InChI is InChI=1S/C32H28Cl2N4O3S/c1-21-2-4-22(5-3-21)31(40)38-18-16-37(17-19-38)25-9-7-24(8-10-25)35-32(42)36-30(39)15-12-26-11-14-29(41-26)27-13-6-23(33)20-28(27)34/h2-15,20H,16-19H2,1H3,(H2,35,36,39,42)/b15-12+. The van der Waals surface area contributed by atoms with Crippen molar-refractivity contribution in [1.82, 2.24) is 10.2 Å². The van der Waals surface area contributed by atoms with Crippen molar-refractivity contribution in [2.45, 2.75) is 6.92 Å². The van der Waals surface area contributed by atoms with E-state index in [0.717, 1.165) is 35.6 Å². The zero-order valence-corrected chi connectivity index (χ0v) is 25.1. The van der Waals surface area contributed by atoms with Crippen molar-refractivity contribution in [3.8, 4) is 11.3 Å². The third-order valence-electron chi connectivity index (χ3n) is 6.81. The molecule has 2 heterocycles. The number of nitrogens with one attached hydrogen (secondary N) is 2. The molecule has 0 atom stereocenters. The lowest BCUT2D eigenvalue weighted by Gasteiger charge is -2.36. The fraction of sp³-hybridized carbons (Fsp3) is 0.156. The van der Waals surface area contributed by atoms with Gasteiger partial charge in [-0.05, 0) is 91.9 Å². The zero-order chi connectivity index (χ0) is 29.6. The number of hydrogen-bond donors (Lipinski definition) is 2. The van der Waals surface area contributed by atoms with Gasteiger partial charge < -0.3 is 19.5 Å². The Balaban J connectivity index is 1.08. The Morgan fingerprint density at radius 3 is 2.31 bits per heavy atom. The van der Waals surface area contributed by atoms with E-state index >= 15 is 0 Å². The number of aryl methyl sites for hydroxylation is 1. The van der Waals surface area contributed by atoms with E-state index in [-0.39, 0.29) is 11.0 Å². The van der Waals surface area contributed by atoms with Gasteiger partial charge in [0.25, 0.3) is 5.91 Å². The smallest absolute Gasteiger partial charge is 0.253 e. The molecule has 0 aliphatic carbocycles. The van der Waals surface area contributed by atoms with Gasteiger partial charge in [0.1, 0.15) is 11.5 Å². The van der Waals surface area contributed by atoms with Crippen molar-refractivity contribution in [2.24, 2.45) is 0 Å². The summed E-state index contributed by atoms with van der Waals surface area (Å²) in [4.78, 5) is 29.3. The number of anilines is 2. The lowest BCUT2D eigenvalue weighted by atomic mass is 10.1. The maximum atomic E-state index is 12.8. The van der Waals surface area contributed by atoms with Gasteiger partial charge in [0.15, 0.2) is 5.11 Å². The van der Waals surface area contributed by atoms with E-state index in [1.54, 1.807) is 36.4 Å². The number of rotatable bonds is 6. The number of benzene rings is 3. The fourth-order valence-electron chi connectivity index (χ4n) is 4.55. The monoisotopic (exact) mass is 618 g/mol. The van der Waals surface area contributed by atoms with Crippen LogP contribution in [0.4, 0.5) is 11.4 Å². The summed E-state index contributed by atoms with van der Waals surface area (Å²) in [6.45, 7) is 4.81. The SMILES string of the molecule is Cc1ccc(C(=O)N2CCN(c3ccc(NC(=S)NC(=O)/C=C/c4ccc(-c5ccc(Cl)cc5Cl)o4)cc3)CC2)cc1. The minimum Gasteiger partial charge on any atom is -0.457 e. The molecule has 7 nitrogen and oxygen atoms in total. The topological polar surface area (TPSA) is 77.8 Å². The van der Waals surface area contributed by atoms with Gasteiger partial charge in [-0.25, -0.2) is 0 Å². The summed E-state index contributed by atoms with van der Waals surface area (Å²) in [5.74, 6) is 0.719. The summed E-state index contributed by atoms with van der Waals surface area (Å²) >= 11 is 17.5. The molecule has 1 fully saturated rings.